The molecule has 3 aromatic carbocycles. The Morgan fingerprint density at radius 2 is 1.45 bits per heavy atom. The Bertz CT molecular complexity index is 1090. The minimum atomic E-state index is 0.0218. The number of nitrogens with zero attached hydrogens (tertiary/aromatic N) is 1. The average Bonchev–Trinajstić information content (AvgIpc) is 3.22. The van der Waals surface area contributed by atoms with Crippen molar-refractivity contribution in [1.29, 1.82) is 0 Å². The third-order valence-electron chi connectivity index (χ3n) is 6.56. The predicted octanol–water partition coefficient (Wildman–Crippen LogP) is 6.76. The van der Waals surface area contributed by atoms with E-state index in [-0.39, 0.29) is 5.92 Å². The van der Waals surface area contributed by atoms with E-state index < -0.39 is 0 Å². The molecule has 2 heteroatoms. The molecule has 2 nitrogen and oxygen atoms in total. The Morgan fingerprint density at radius 1 is 0.839 bits per heavy atom. The minimum Gasteiger partial charge on any atom is -0.444 e. The van der Waals surface area contributed by atoms with Crippen molar-refractivity contribution < 1.29 is 4.42 Å². The van der Waals surface area contributed by atoms with Gasteiger partial charge >= 0.3 is 0 Å². The Labute approximate surface area is 185 Å². The van der Waals surface area contributed by atoms with Crippen LogP contribution in [-0.4, -0.2) is 4.98 Å². The summed E-state index contributed by atoms with van der Waals surface area (Å²) in [5, 5.41) is 0. The first kappa shape index (κ1) is 19.8. The molecule has 0 N–H and O–H groups in total. The van der Waals surface area contributed by atoms with Crippen molar-refractivity contribution in [3.8, 4) is 0 Å². The van der Waals surface area contributed by atoms with Crippen molar-refractivity contribution in [2.75, 3.05) is 0 Å². The molecule has 1 aliphatic carbocycles. The zero-order valence-corrected chi connectivity index (χ0v) is 18.1. The molecule has 0 radical (unpaired) electrons. The third-order valence-corrected chi connectivity index (χ3v) is 6.56. The van der Waals surface area contributed by atoms with Gasteiger partial charge < -0.3 is 4.42 Å². The van der Waals surface area contributed by atoms with Gasteiger partial charge in [-0.25, -0.2) is 4.98 Å². The molecular formula is C29H29NO. The fourth-order valence-electron chi connectivity index (χ4n) is 4.95. The summed E-state index contributed by atoms with van der Waals surface area (Å²) in [5.41, 5.74) is 6.61. The van der Waals surface area contributed by atoms with Gasteiger partial charge in [0.2, 0.25) is 5.89 Å². The summed E-state index contributed by atoms with van der Waals surface area (Å²) in [7, 11) is 0. The first-order valence-corrected chi connectivity index (χ1v) is 11.5. The van der Waals surface area contributed by atoms with Crippen LogP contribution in [0.3, 0.4) is 0 Å². The SMILES string of the molecule is CCc1oc(C(c2ccccc2)c2ccccc2)nc1CC1CCc2ccccc2C1. The van der Waals surface area contributed by atoms with Crippen molar-refractivity contribution in [2.45, 2.75) is 44.9 Å². The monoisotopic (exact) mass is 407 g/mol. The molecular weight excluding hydrogens is 378 g/mol. The maximum Gasteiger partial charge on any atom is 0.206 e. The van der Waals surface area contributed by atoms with E-state index in [2.05, 4.69) is 91.9 Å². The van der Waals surface area contributed by atoms with Crippen LogP contribution in [0.5, 0.6) is 0 Å². The second kappa shape index (κ2) is 8.93. The highest BCUT2D eigenvalue weighted by molar-refractivity contribution is 5.38. The van der Waals surface area contributed by atoms with Gasteiger partial charge in [-0.1, -0.05) is 91.9 Å². The normalized spacial score (nSPS) is 15.7. The summed E-state index contributed by atoms with van der Waals surface area (Å²) < 4.78 is 6.43. The number of aryl methyl sites for hydroxylation is 2. The fraction of sp³-hybridized carbons (Fsp3) is 0.276. The summed E-state index contributed by atoms with van der Waals surface area (Å²) in [5.74, 6) is 2.52. The number of oxazole rings is 1. The van der Waals surface area contributed by atoms with Crippen molar-refractivity contribution >= 4 is 0 Å². The standard InChI is InChI=1S/C29H29NO/c1-2-27-26(20-21-17-18-22-11-9-10-16-25(22)19-21)30-29(31-27)28(23-12-5-3-6-13-23)24-14-7-4-8-15-24/h3-16,21,28H,2,17-20H2,1H3. The summed E-state index contributed by atoms with van der Waals surface area (Å²) in [6, 6.07) is 30.1. The van der Waals surface area contributed by atoms with Crippen LogP contribution in [-0.2, 0) is 25.7 Å². The van der Waals surface area contributed by atoms with Gasteiger partial charge in [-0.2, -0.15) is 0 Å². The molecule has 5 rings (SSSR count). The summed E-state index contributed by atoms with van der Waals surface area (Å²) in [6.07, 6.45) is 5.41. The molecule has 0 bridgehead atoms. The van der Waals surface area contributed by atoms with Crippen molar-refractivity contribution in [3.63, 3.8) is 0 Å². The molecule has 1 atom stereocenters. The van der Waals surface area contributed by atoms with Gasteiger partial charge in [0.05, 0.1) is 11.6 Å². The van der Waals surface area contributed by atoms with E-state index in [9.17, 15) is 0 Å². The van der Waals surface area contributed by atoms with Crippen LogP contribution < -0.4 is 0 Å². The van der Waals surface area contributed by atoms with Crippen LogP contribution >= 0.6 is 0 Å². The molecule has 156 valence electrons. The van der Waals surface area contributed by atoms with E-state index in [0.29, 0.717) is 5.92 Å². The molecule has 0 aliphatic heterocycles. The molecule has 4 aromatic rings. The van der Waals surface area contributed by atoms with Crippen LogP contribution in [0.2, 0.25) is 0 Å². The van der Waals surface area contributed by atoms with Gasteiger partial charge in [-0.05, 0) is 53.9 Å². The molecule has 0 amide bonds. The van der Waals surface area contributed by atoms with Crippen LogP contribution in [0.1, 0.15) is 58.9 Å². The van der Waals surface area contributed by atoms with E-state index in [1.165, 1.54) is 35.1 Å². The van der Waals surface area contributed by atoms with Gasteiger partial charge in [-0.3, -0.25) is 0 Å². The lowest BCUT2D eigenvalue weighted by atomic mass is 9.81. The molecule has 1 unspecified atom stereocenters. The zero-order valence-electron chi connectivity index (χ0n) is 18.1. The van der Waals surface area contributed by atoms with Crippen LogP contribution in [0.15, 0.2) is 89.3 Å². The van der Waals surface area contributed by atoms with Crippen LogP contribution in [0.4, 0.5) is 0 Å². The Kier molecular flexibility index (Phi) is 5.71. The van der Waals surface area contributed by atoms with Gasteiger partial charge in [0, 0.05) is 6.42 Å². The first-order valence-electron chi connectivity index (χ1n) is 11.5. The lowest BCUT2D eigenvalue weighted by molar-refractivity contribution is 0.437. The molecule has 31 heavy (non-hydrogen) atoms. The Morgan fingerprint density at radius 3 is 2.10 bits per heavy atom. The fourth-order valence-corrected chi connectivity index (χ4v) is 4.95. The number of fused-ring (bicyclic) bond motifs is 1. The second-order valence-corrected chi connectivity index (χ2v) is 8.61. The molecule has 1 aromatic heterocycles. The molecule has 0 spiro atoms. The molecule has 0 saturated heterocycles. The van der Waals surface area contributed by atoms with E-state index in [1.807, 2.05) is 0 Å². The van der Waals surface area contributed by atoms with Gasteiger partial charge in [-0.15, -0.1) is 0 Å². The highest BCUT2D eigenvalue weighted by Crippen LogP contribution is 2.34. The van der Waals surface area contributed by atoms with Gasteiger partial charge in [0.25, 0.3) is 0 Å². The van der Waals surface area contributed by atoms with E-state index in [4.69, 9.17) is 9.40 Å². The highest BCUT2D eigenvalue weighted by Gasteiger charge is 2.26. The Balaban J connectivity index is 1.46. The molecule has 1 aliphatic rings. The molecule has 1 heterocycles. The quantitative estimate of drug-likeness (QED) is 0.353. The summed E-state index contributed by atoms with van der Waals surface area (Å²) in [4.78, 5) is 5.12. The van der Waals surface area contributed by atoms with E-state index >= 15 is 0 Å². The number of hydrogen-bond donors (Lipinski definition) is 0. The average molecular weight is 408 g/mol. The first-order chi connectivity index (χ1) is 15.3. The number of hydrogen-bond acceptors (Lipinski definition) is 2. The second-order valence-electron chi connectivity index (χ2n) is 8.61. The van der Waals surface area contributed by atoms with Gasteiger partial charge in [0.15, 0.2) is 0 Å². The highest BCUT2D eigenvalue weighted by atomic mass is 16.4. The molecule has 0 saturated carbocycles. The number of aromatic nitrogens is 1. The van der Waals surface area contributed by atoms with E-state index in [1.54, 1.807) is 0 Å². The van der Waals surface area contributed by atoms with E-state index in [0.717, 1.165) is 36.6 Å². The van der Waals surface area contributed by atoms with Crippen molar-refractivity contribution in [2.24, 2.45) is 5.92 Å². The smallest absolute Gasteiger partial charge is 0.206 e. The maximum atomic E-state index is 6.43. The summed E-state index contributed by atoms with van der Waals surface area (Å²) in [6.45, 7) is 2.17. The lowest BCUT2D eigenvalue weighted by Gasteiger charge is -2.24. The zero-order chi connectivity index (χ0) is 21.0. The summed E-state index contributed by atoms with van der Waals surface area (Å²) >= 11 is 0. The van der Waals surface area contributed by atoms with Crippen molar-refractivity contribution in [3.05, 3.63) is 125 Å². The number of benzene rings is 3. The number of rotatable bonds is 6. The minimum absolute atomic E-state index is 0.0218. The van der Waals surface area contributed by atoms with Crippen LogP contribution in [0, 0.1) is 5.92 Å². The topological polar surface area (TPSA) is 26.0 Å². The molecule has 0 fully saturated rings. The van der Waals surface area contributed by atoms with Crippen LogP contribution in [0.25, 0.3) is 0 Å². The van der Waals surface area contributed by atoms with Gasteiger partial charge in [0.1, 0.15) is 5.76 Å². The maximum absolute atomic E-state index is 6.43. The lowest BCUT2D eigenvalue weighted by Crippen LogP contribution is -2.17. The predicted molar refractivity (Wildman–Crippen MR) is 125 cm³/mol. The third kappa shape index (κ3) is 4.20. The largest absolute Gasteiger partial charge is 0.444 e. The Hall–Kier alpha value is -3.13. The van der Waals surface area contributed by atoms with Crippen molar-refractivity contribution in [1.82, 2.24) is 4.98 Å².